The summed E-state index contributed by atoms with van der Waals surface area (Å²) in [7, 11) is 0. The van der Waals surface area contributed by atoms with E-state index in [2.05, 4.69) is 5.32 Å². The molecule has 4 rings (SSSR count). The topological polar surface area (TPSA) is 92.8 Å². The van der Waals surface area contributed by atoms with Gasteiger partial charge in [0.15, 0.2) is 0 Å². The van der Waals surface area contributed by atoms with E-state index in [4.69, 9.17) is 16.3 Å². The fourth-order valence-corrected chi connectivity index (χ4v) is 3.41. The molecule has 1 aliphatic heterocycles. The van der Waals surface area contributed by atoms with Crippen LogP contribution in [0.1, 0.15) is 21.5 Å². The molecule has 1 aliphatic rings. The molecule has 1 N–H and O–H groups in total. The Bertz CT molecular complexity index is 1310. The van der Waals surface area contributed by atoms with Crippen molar-refractivity contribution in [2.45, 2.75) is 6.92 Å². The number of hydrogen-bond donors (Lipinski definition) is 1. The van der Waals surface area contributed by atoms with E-state index in [1.807, 2.05) is 0 Å². The van der Waals surface area contributed by atoms with Crippen molar-refractivity contribution < 1.29 is 23.9 Å². The van der Waals surface area contributed by atoms with Gasteiger partial charge in [-0.3, -0.25) is 14.9 Å². The number of barbiturate groups is 1. The van der Waals surface area contributed by atoms with Crippen molar-refractivity contribution in [1.29, 1.82) is 0 Å². The van der Waals surface area contributed by atoms with Crippen molar-refractivity contribution in [2.24, 2.45) is 0 Å². The molecule has 1 fully saturated rings. The number of nitrogens with one attached hydrogen (secondary N) is 1. The molecule has 164 valence electrons. The number of esters is 1. The highest BCUT2D eigenvalue weighted by Crippen LogP contribution is 2.27. The third-order valence-electron chi connectivity index (χ3n) is 4.96. The first kappa shape index (κ1) is 22.0. The number of carbonyl (C=O) groups is 4. The minimum atomic E-state index is -0.839. The summed E-state index contributed by atoms with van der Waals surface area (Å²) in [5.74, 6) is -2.11. The Hall–Kier alpha value is -4.23. The number of benzene rings is 3. The number of rotatable bonds is 4. The monoisotopic (exact) mass is 460 g/mol. The number of urea groups is 1. The first-order valence-corrected chi connectivity index (χ1v) is 10.3. The average molecular weight is 461 g/mol. The summed E-state index contributed by atoms with van der Waals surface area (Å²) in [5, 5.41) is 2.66. The molecule has 0 radical (unpaired) electrons. The molecule has 3 aromatic rings. The molecule has 0 atom stereocenters. The molecule has 1 heterocycles. The second-order valence-corrected chi connectivity index (χ2v) is 7.62. The van der Waals surface area contributed by atoms with Gasteiger partial charge < -0.3 is 4.74 Å². The summed E-state index contributed by atoms with van der Waals surface area (Å²) < 4.78 is 5.49. The number of anilines is 1. The van der Waals surface area contributed by atoms with Gasteiger partial charge in [0.25, 0.3) is 11.8 Å². The maximum atomic E-state index is 13.1. The van der Waals surface area contributed by atoms with E-state index < -0.39 is 23.8 Å². The van der Waals surface area contributed by atoms with Crippen molar-refractivity contribution in [3.05, 3.63) is 100 Å². The van der Waals surface area contributed by atoms with E-state index in [0.717, 1.165) is 4.90 Å². The number of imide groups is 2. The minimum absolute atomic E-state index is 0.143. The first-order valence-electron chi connectivity index (χ1n) is 9.89. The predicted octanol–water partition coefficient (Wildman–Crippen LogP) is 4.53. The smallest absolute Gasteiger partial charge is 0.343 e. The summed E-state index contributed by atoms with van der Waals surface area (Å²) in [4.78, 5) is 51.5. The molecule has 8 heteroatoms. The quantitative estimate of drug-likeness (QED) is 0.267. The summed E-state index contributed by atoms with van der Waals surface area (Å²) in [6.45, 7) is 1.75. The molecule has 0 aliphatic carbocycles. The number of ether oxygens (including phenoxy) is 1. The Morgan fingerprint density at radius 2 is 1.61 bits per heavy atom. The van der Waals surface area contributed by atoms with Crippen molar-refractivity contribution >= 4 is 47.2 Å². The summed E-state index contributed by atoms with van der Waals surface area (Å²) in [6, 6.07) is 18.6. The average Bonchev–Trinajstić information content (AvgIpc) is 2.79. The molecule has 1 saturated heterocycles. The maximum Gasteiger partial charge on any atom is 0.343 e. The van der Waals surface area contributed by atoms with Crippen LogP contribution in [0.4, 0.5) is 10.5 Å². The fourth-order valence-electron chi connectivity index (χ4n) is 3.28. The van der Waals surface area contributed by atoms with Crippen LogP contribution in [0.3, 0.4) is 0 Å². The molecular weight excluding hydrogens is 444 g/mol. The van der Waals surface area contributed by atoms with Gasteiger partial charge in [0.2, 0.25) is 0 Å². The fraction of sp³-hybridized carbons (Fsp3) is 0.0400. The van der Waals surface area contributed by atoms with E-state index in [9.17, 15) is 19.2 Å². The van der Waals surface area contributed by atoms with Gasteiger partial charge in [-0.2, -0.15) is 0 Å². The lowest BCUT2D eigenvalue weighted by atomic mass is 10.0. The number of para-hydroxylation sites is 2. The number of carbonyl (C=O) groups excluding carboxylic acids is 4. The molecule has 7 nitrogen and oxygen atoms in total. The number of nitrogens with zero attached hydrogens (tertiary/aromatic N) is 1. The highest BCUT2D eigenvalue weighted by Gasteiger charge is 2.37. The molecule has 0 saturated carbocycles. The summed E-state index contributed by atoms with van der Waals surface area (Å²) in [6.07, 6.45) is 1.29. The van der Waals surface area contributed by atoms with E-state index >= 15 is 0 Å². The van der Waals surface area contributed by atoms with E-state index in [-0.39, 0.29) is 16.9 Å². The Kier molecular flexibility index (Phi) is 6.06. The van der Waals surface area contributed by atoms with Gasteiger partial charge in [0.1, 0.15) is 11.3 Å². The predicted molar refractivity (Wildman–Crippen MR) is 123 cm³/mol. The van der Waals surface area contributed by atoms with Crippen LogP contribution >= 0.6 is 11.6 Å². The van der Waals surface area contributed by atoms with Gasteiger partial charge in [-0.15, -0.1) is 0 Å². The molecule has 3 aromatic carbocycles. The van der Waals surface area contributed by atoms with Crippen LogP contribution in [0.5, 0.6) is 5.75 Å². The lowest BCUT2D eigenvalue weighted by molar-refractivity contribution is -0.122. The highest BCUT2D eigenvalue weighted by atomic mass is 35.5. The largest absolute Gasteiger partial charge is 0.422 e. The Morgan fingerprint density at radius 1 is 0.939 bits per heavy atom. The maximum absolute atomic E-state index is 13.1. The zero-order valence-electron chi connectivity index (χ0n) is 17.4. The second-order valence-electron chi connectivity index (χ2n) is 7.18. The number of aryl methyl sites for hydroxylation is 1. The summed E-state index contributed by atoms with van der Waals surface area (Å²) in [5.41, 5.74) is 1.38. The molecule has 0 spiro atoms. The SMILES string of the molecule is Cc1ccccc1N1C(=O)NC(=O)/C(=C/c2ccccc2OC(=O)c2ccc(Cl)cc2)C1=O. The molecule has 0 aromatic heterocycles. The van der Waals surface area contributed by atoms with Gasteiger partial charge >= 0.3 is 12.0 Å². The molecular formula is C25H17ClN2O5. The third-order valence-corrected chi connectivity index (χ3v) is 5.21. The molecule has 0 bridgehead atoms. The third kappa shape index (κ3) is 4.53. The number of halogens is 1. The van der Waals surface area contributed by atoms with E-state index in [1.165, 1.54) is 24.3 Å². The zero-order valence-corrected chi connectivity index (χ0v) is 18.1. The zero-order chi connectivity index (χ0) is 23.5. The van der Waals surface area contributed by atoms with E-state index in [1.54, 1.807) is 61.5 Å². The number of amides is 4. The minimum Gasteiger partial charge on any atom is -0.422 e. The molecule has 0 unspecified atom stereocenters. The Labute approximate surface area is 194 Å². The van der Waals surface area contributed by atoms with Gasteiger partial charge in [-0.05, 0) is 55.0 Å². The van der Waals surface area contributed by atoms with Crippen molar-refractivity contribution in [1.82, 2.24) is 5.32 Å². The standard InChI is InChI=1S/C25H17ClN2O5/c1-15-6-2-4-8-20(15)28-23(30)19(22(29)27-25(28)32)14-17-7-3-5-9-21(17)33-24(31)16-10-12-18(26)13-11-16/h2-14H,1H3,(H,27,29,32)/b19-14-. The lowest BCUT2D eigenvalue weighted by Crippen LogP contribution is -2.54. The Balaban J connectivity index is 1.68. The van der Waals surface area contributed by atoms with Crippen LogP contribution in [0, 0.1) is 6.92 Å². The molecule has 4 amide bonds. The normalized spacial score (nSPS) is 14.9. The highest BCUT2D eigenvalue weighted by molar-refractivity contribution is 6.39. The van der Waals surface area contributed by atoms with Crippen LogP contribution in [0.2, 0.25) is 5.02 Å². The summed E-state index contributed by atoms with van der Waals surface area (Å²) >= 11 is 5.86. The van der Waals surface area contributed by atoms with Gasteiger partial charge in [0, 0.05) is 10.6 Å². The van der Waals surface area contributed by atoms with Crippen LogP contribution in [0.25, 0.3) is 6.08 Å². The van der Waals surface area contributed by atoms with Crippen molar-refractivity contribution in [3.8, 4) is 5.75 Å². The first-order chi connectivity index (χ1) is 15.8. The van der Waals surface area contributed by atoms with Crippen molar-refractivity contribution in [3.63, 3.8) is 0 Å². The molecule has 33 heavy (non-hydrogen) atoms. The van der Waals surface area contributed by atoms with Crippen LogP contribution in [-0.4, -0.2) is 23.8 Å². The van der Waals surface area contributed by atoms with Crippen LogP contribution in [-0.2, 0) is 9.59 Å². The van der Waals surface area contributed by atoms with Gasteiger partial charge in [-0.25, -0.2) is 14.5 Å². The van der Waals surface area contributed by atoms with E-state index in [0.29, 0.717) is 21.8 Å². The van der Waals surface area contributed by atoms with Gasteiger partial charge in [-0.1, -0.05) is 48.0 Å². The van der Waals surface area contributed by atoms with Crippen LogP contribution in [0.15, 0.2) is 78.4 Å². The van der Waals surface area contributed by atoms with Crippen molar-refractivity contribution in [2.75, 3.05) is 4.90 Å². The second kappa shape index (κ2) is 9.10. The van der Waals surface area contributed by atoms with Gasteiger partial charge in [0.05, 0.1) is 11.3 Å². The Morgan fingerprint density at radius 3 is 2.33 bits per heavy atom. The number of hydrogen-bond acceptors (Lipinski definition) is 5. The lowest BCUT2D eigenvalue weighted by Gasteiger charge is -2.27. The van der Waals surface area contributed by atoms with Crippen LogP contribution < -0.4 is 15.0 Å².